The van der Waals surface area contributed by atoms with Crippen LogP contribution in [0.4, 0.5) is 0 Å². The van der Waals surface area contributed by atoms with E-state index in [4.69, 9.17) is 32.2 Å². The molecule has 2 N–H and O–H groups in total. The number of aryl methyl sites for hydroxylation is 1. The first-order chi connectivity index (χ1) is 11.0. The standard InChI is InChI=1S/C18H21NO3S/c1-12-5-4-6-15(13(12)2)21-9-10-22-17-11-14(18(19)23)7-8-16(17)20-3/h4-8,11H,9-10H2,1-3H3,(H2,19,23). The minimum absolute atomic E-state index is 0.323. The van der Waals surface area contributed by atoms with E-state index in [-0.39, 0.29) is 0 Å². The molecule has 0 spiro atoms. The molecule has 0 fully saturated rings. The van der Waals surface area contributed by atoms with Gasteiger partial charge < -0.3 is 19.9 Å². The van der Waals surface area contributed by atoms with Gasteiger partial charge in [-0.2, -0.15) is 0 Å². The summed E-state index contributed by atoms with van der Waals surface area (Å²) in [6.45, 7) is 4.93. The maximum absolute atomic E-state index is 5.77. The van der Waals surface area contributed by atoms with Gasteiger partial charge in [0.2, 0.25) is 0 Å². The summed E-state index contributed by atoms with van der Waals surface area (Å²) in [5.74, 6) is 2.11. The lowest BCUT2D eigenvalue weighted by Crippen LogP contribution is -2.12. The molecule has 2 aromatic carbocycles. The van der Waals surface area contributed by atoms with Gasteiger partial charge in [0.25, 0.3) is 0 Å². The first kappa shape index (κ1) is 17.1. The van der Waals surface area contributed by atoms with E-state index in [0.717, 1.165) is 16.9 Å². The predicted molar refractivity (Wildman–Crippen MR) is 95.8 cm³/mol. The monoisotopic (exact) mass is 331 g/mol. The molecule has 122 valence electrons. The molecule has 2 aromatic rings. The van der Waals surface area contributed by atoms with Crippen molar-refractivity contribution in [3.8, 4) is 17.2 Å². The van der Waals surface area contributed by atoms with Crippen molar-refractivity contribution >= 4 is 17.2 Å². The van der Waals surface area contributed by atoms with Gasteiger partial charge in [0.1, 0.15) is 24.0 Å². The van der Waals surface area contributed by atoms with Crippen molar-refractivity contribution in [2.24, 2.45) is 5.73 Å². The molecule has 0 saturated carbocycles. The van der Waals surface area contributed by atoms with Crippen molar-refractivity contribution in [1.29, 1.82) is 0 Å². The lowest BCUT2D eigenvalue weighted by atomic mass is 10.1. The van der Waals surface area contributed by atoms with Crippen LogP contribution in [0.5, 0.6) is 17.2 Å². The lowest BCUT2D eigenvalue weighted by molar-refractivity contribution is 0.210. The maximum Gasteiger partial charge on any atom is 0.162 e. The molecule has 0 radical (unpaired) electrons. The quantitative estimate of drug-likeness (QED) is 0.622. The van der Waals surface area contributed by atoms with E-state index in [0.29, 0.717) is 29.7 Å². The molecule has 2 rings (SSSR count). The molecule has 4 nitrogen and oxygen atoms in total. The van der Waals surface area contributed by atoms with Gasteiger partial charge in [0.15, 0.2) is 11.5 Å². The molecule has 0 aromatic heterocycles. The number of rotatable bonds is 7. The molecule has 5 heteroatoms. The Balaban J connectivity index is 1.97. The number of hydrogen-bond donors (Lipinski definition) is 1. The molecule has 0 heterocycles. The highest BCUT2D eigenvalue weighted by Crippen LogP contribution is 2.28. The minimum Gasteiger partial charge on any atom is -0.493 e. The Bertz CT molecular complexity index is 701. The Morgan fingerprint density at radius 1 is 1.00 bits per heavy atom. The maximum atomic E-state index is 5.77. The Morgan fingerprint density at radius 2 is 1.70 bits per heavy atom. The van der Waals surface area contributed by atoms with E-state index < -0.39 is 0 Å². The summed E-state index contributed by atoms with van der Waals surface area (Å²) in [6, 6.07) is 11.4. The summed E-state index contributed by atoms with van der Waals surface area (Å²) < 4.78 is 16.8. The normalized spacial score (nSPS) is 10.2. The molecular formula is C18H21NO3S. The topological polar surface area (TPSA) is 53.7 Å². The Labute approximate surface area is 142 Å². The smallest absolute Gasteiger partial charge is 0.162 e. The summed E-state index contributed by atoms with van der Waals surface area (Å²) in [6.07, 6.45) is 0. The Morgan fingerprint density at radius 3 is 2.35 bits per heavy atom. The van der Waals surface area contributed by atoms with Crippen molar-refractivity contribution < 1.29 is 14.2 Å². The number of nitrogens with two attached hydrogens (primary N) is 1. The van der Waals surface area contributed by atoms with Crippen molar-refractivity contribution in [2.75, 3.05) is 20.3 Å². The van der Waals surface area contributed by atoms with Gasteiger partial charge in [0, 0.05) is 5.56 Å². The zero-order chi connectivity index (χ0) is 16.8. The molecule has 0 bridgehead atoms. The van der Waals surface area contributed by atoms with Crippen molar-refractivity contribution in [1.82, 2.24) is 0 Å². The van der Waals surface area contributed by atoms with Gasteiger partial charge in [-0.25, -0.2) is 0 Å². The molecular weight excluding hydrogens is 310 g/mol. The molecule has 0 atom stereocenters. The molecule has 0 amide bonds. The van der Waals surface area contributed by atoms with Crippen LogP contribution in [0.2, 0.25) is 0 Å². The summed E-state index contributed by atoms with van der Waals surface area (Å²) >= 11 is 4.98. The largest absolute Gasteiger partial charge is 0.493 e. The molecule has 23 heavy (non-hydrogen) atoms. The van der Waals surface area contributed by atoms with E-state index >= 15 is 0 Å². The van der Waals surface area contributed by atoms with Gasteiger partial charge in [-0.05, 0) is 49.2 Å². The summed E-state index contributed by atoms with van der Waals surface area (Å²) in [7, 11) is 1.59. The van der Waals surface area contributed by atoms with Crippen LogP contribution < -0.4 is 19.9 Å². The van der Waals surface area contributed by atoms with E-state index in [2.05, 4.69) is 13.0 Å². The average Bonchev–Trinajstić information content (AvgIpc) is 2.55. The van der Waals surface area contributed by atoms with Gasteiger partial charge >= 0.3 is 0 Å². The Hall–Kier alpha value is -2.27. The highest BCUT2D eigenvalue weighted by Gasteiger charge is 2.08. The number of methoxy groups -OCH3 is 1. The fourth-order valence-corrected chi connectivity index (χ4v) is 2.25. The third-order valence-corrected chi connectivity index (χ3v) is 3.84. The Kier molecular flexibility index (Phi) is 5.82. The zero-order valence-electron chi connectivity index (χ0n) is 13.6. The second-order valence-corrected chi connectivity index (χ2v) is 5.56. The second-order valence-electron chi connectivity index (χ2n) is 5.12. The van der Waals surface area contributed by atoms with Crippen LogP contribution >= 0.6 is 12.2 Å². The fraction of sp³-hybridized carbons (Fsp3) is 0.278. The zero-order valence-corrected chi connectivity index (χ0v) is 14.4. The van der Waals surface area contributed by atoms with Crippen LogP contribution in [-0.2, 0) is 0 Å². The molecule has 0 unspecified atom stereocenters. The third kappa shape index (κ3) is 4.36. The first-order valence-electron chi connectivity index (χ1n) is 7.32. The highest BCUT2D eigenvalue weighted by molar-refractivity contribution is 7.80. The van der Waals surface area contributed by atoms with Crippen LogP contribution in [0.3, 0.4) is 0 Å². The number of benzene rings is 2. The molecule has 0 aliphatic heterocycles. The van der Waals surface area contributed by atoms with Crippen LogP contribution in [0.1, 0.15) is 16.7 Å². The van der Waals surface area contributed by atoms with E-state index in [1.807, 2.05) is 19.1 Å². The van der Waals surface area contributed by atoms with Gasteiger partial charge in [-0.1, -0.05) is 24.4 Å². The number of hydrogen-bond acceptors (Lipinski definition) is 4. The number of thiocarbonyl (C=S) groups is 1. The van der Waals surface area contributed by atoms with Crippen molar-refractivity contribution in [2.45, 2.75) is 13.8 Å². The number of ether oxygens (including phenoxy) is 3. The molecule has 0 aliphatic carbocycles. The van der Waals surface area contributed by atoms with E-state index in [1.54, 1.807) is 25.3 Å². The fourth-order valence-electron chi connectivity index (χ4n) is 2.13. The molecule has 0 saturated heterocycles. The van der Waals surface area contributed by atoms with Crippen LogP contribution in [0, 0.1) is 13.8 Å². The first-order valence-corrected chi connectivity index (χ1v) is 7.73. The summed E-state index contributed by atoms with van der Waals surface area (Å²) in [5.41, 5.74) is 8.73. The highest BCUT2D eigenvalue weighted by atomic mass is 32.1. The van der Waals surface area contributed by atoms with Gasteiger partial charge in [-0.3, -0.25) is 0 Å². The van der Waals surface area contributed by atoms with Crippen LogP contribution in [-0.4, -0.2) is 25.3 Å². The molecule has 0 aliphatic rings. The SMILES string of the molecule is COc1ccc(C(N)=S)cc1OCCOc1cccc(C)c1C. The summed E-state index contributed by atoms with van der Waals surface area (Å²) in [5, 5.41) is 0. The van der Waals surface area contributed by atoms with E-state index in [1.165, 1.54) is 5.56 Å². The van der Waals surface area contributed by atoms with Gasteiger partial charge in [-0.15, -0.1) is 0 Å². The van der Waals surface area contributed by atoms with Crippen LogP contribution in [0.25, 0.3) is 0 Å². The van der Waals surface area contributed by atoms with E-state index in [9.17, 15) is 0 Å². The van der Waals surface area contributed by atoms with Crippen LogP contribution in [0.15, 0.2) is 36.4 Å². The summed E-state index contributed by atoms with van der Waals surface area (Å²) in [4.78, 5) is 0.323. The third-order valence-electron chi connectivity index (χ3n) is 3.60. The minimum atomic E-state index is 0.323. The second kappa shape index (κ2) is 7.83. The van der Waals surface area contributed by atoms with Gasteiger partial charge in [0.05, 0.1) is 7.11 Å². The predicted octanol–water partition coefficient (Wildman–Crippen LogP) is 3.40. The average molecular weight is 331 g/mol. The lowest BCUT2D eigenvalue weighted by Gasteiger charge is -2.14. The van der Waals surface area contributed by atoms with Crippen molar-refractivity contribution in [3.63, 3.8) is 0 Å². The van der Waals surface area contributed by atoms with Crippen molar-refractivity contribution in [3.05, 3.63) is 53.1 Å².